The first-order valence-corrected chi connectivity index (χ1v) is 7.07. The number of benzene rings is 1. The minimum absolute atomic E-state index is 0.00902. The average Bonchev–Trinajstić information content (AvgIpc) is 2.87. The van der Waals surface area contributed by atoms with Crippen molar-refractivity contribution in [3.05, 3.63) is 35.9 Å². The molecule has 0 spiro atoms. The van der Waals surface area contributed by atoms with Crippen molar-refractivity contribution in [3.63, 3.8) is 0 Å². The normalized spacial score (nSPS) is 18.9. The predicted molar refractivity (Wildman–Crippen MR) is 74.0 cm³/mol. The molecule has 110 valence electrons. The van der Waals surface area contributed by atoms with Crippen molar-refractivity contribution < 1.29 is 17.9 Å². The number of ether oxygens (including phenoxy) is 1. The molecule has 2 rings (SSSR count). The van der Waals surface area contributed by atoms with Gasteiger partial charge in [-0.1, -0.05) is 42.1 Å². The van der Waals surface area contributed by atoms with Crippen LogP contribution in [0.25, 0.3) is 0 Å². The van der Waals surface area contributed by atoms with Gasteiger partial charge in [-0.25, -0.2) is 0 Å². The molecule has 1 aromatic rings. The van der Waals surface area contributed by atoms with Gasteiger partial charge in [-0.3, -0.25) is 4.99 Å². The smallest absolute Gasteiger partial charge is 0.370 e. The van der Waals surface area contributed by atoms with Gasteiger partial charge in [0, 0.05) is 6.54 Å². The molecule has 3 nitrogen and oxygen atoms in total. The molecule has 1 unspecified atom stereocenters. The third kappa shape index (κ3) is 5.05. The van der Waals surface area contributed by atoms with Gasteiger partial charge < -0.3 is 10.1 Å². The van der Waals surface area contributed by atoms with Gasteiger partial charge in [-0.05, 0) is 5.56 Å². The summed E-state index contributed by atoms with van der Waals surface area (Å²) in [7, 11) is 0. The summed E-state index contributed by atoms with van der Waals surface area (Å²) in [6.07, 6.45) is -4.27. The molecule has 0 saturated carbocycles. The Morgan fingerprint density at radius 3 is 2.75 bits per heavy atom. The first kappa shape index (κ1) is 15.2. The predicted octanol–water partition coefficient (Wildman–Crippen LogP) is 3.00. The zero-order chi connectivity index (χ0) is 14.4. The number of halogens is 3. The van der Waals surface area contributed by atoms with Crippen molar-refractivity contribution >= 4 is 16.9 Å². The molecular formula is C13H15F3N2OS. The number of rotatable bonds is 5. The minimum Gasteiger partial charge on any atom is -0.370 e. The summed E-state index contributed by atoms with van der Waals surface area (Å²) >= 11 is 1.59. The fourth-order valence-corrected chi connectivity index (χ4v) is 2.78. The van der Waals surface area contributed by atoms with Crippen molar-refractivity contribution in [1.82, 2.24) is 5.32 Å². The summed E-state index contributed by atoms with van der Waals surface area (Å²) in [5.41, 5.74) is 1.20. The van der Waals surface area contributed by atoms with Crippen LogP contribution in [0.1, 0.15) is 10.8 Å². The van der Waals surface area contributed by atoms with Crippen LogP contribution < -0.4 is 5.32 Å². The van der Waals surface area contributed by atoms with E-state index in [9.17, 15) is 13.2 Å². The number of thioether (sulfide) groups is 1. The SMILES string of the molecule is FC(F)(F)COCCNC1=NCC(c2ccccc2)S1. The summed E-state index contributed by atoms with van der Waals surface area (Å²) < 4.78 is 40.1. The molecule has 0 bridgehead atoms. The molecular weight excluding hydrogens is 289 g/mol. The van der Waals surface area contributed by atoms with E-state index in [0.717, 1.165) is 5.17 Å². The zero-order valence-corrected chi connectivity index (χ0v) is 11.5. The lowest BCUT2D eigenvalue weighted by atomic mass is 10.1. The van der Waals surface area contributed by atoms with Gasteiger partial charge in [0.2, 0.25) is 0 Å². The molecule has 0 aliphatic carbocycles. The molecule has 0 amide bonds. The summed E-state index contributed by atoms with van der Waals surface area (Å²) in [5, 5.41) is 4.02. The van der Waals surface area contributed by atoms with Gasteiger partial charge in [0.05, 0.1) is 18.4 Å². The number of hydrogen-bond donors (Lipinski definition) is 1. The molecule has 0 fully saturated rings. The average molecular weight is 304 g/mol. The lowest BCUT2D eigenvalue weighted by molar-refractivity contribution is -0.173. The van der Waals surface area contributed by atoms with E-state index in [2.05, 4.69) is 15.0 Å². The Labute approximate surface area is 119 Å². The fourth-order valence-electron chi connectivity index (χ4n) is 1.73. The minimum atomic E-state index is -4.27. The van der Waals surface area contributed by atoms with E-state index in [1.807, 2.05) is 30.3 Å². The maximum Gasteiger partial charge on any atom is 0.411 e. The first-order valence-electron chi connectivity index (χ1n) is 6.19. The van der Waals surface area contributed by atoms with Crippen LogP contribution in [0.15, 0.2) is 35.3 Å². The van der Waals surface area contributed by atoms with E-state index in [0.29, 0.717) is 13.1 Å². The van der Waals surface area contributed by atoms with Crippen LogP contribution in [0, 0.1) is 0 Å². The van der Waals surface area contributed by atoms with Gasteiger partial charge in [-0.2, -0.15) is 13.2 Å². The van der Waals surface area contributed by atoms with E-state index in [1.165, 1.54) is 5.56 Å². The Morgan fingerprint density at radius 1 is 1.30 bits per heavy atom. The van der Waals surface area contributed by atoms with Crippen LogP contribution in [-0.2, 0) is 4.74 Å². The van der Waals surface area contributed by atoms with E-state index in [4.69, 9.17) is 0 Å². The molecule has 0 radical (unpaired) electrons. The van der Waals surface area contributed by atoms with Crippen LogP contribution in [0.4, 0.5) is 13.2 Å². The van der Waals surface area contributed by atoms with Crippen LogP contribution in [0.3, 0.4) is 0 Å². The monoisotopic (exact) mass is 304 g/mol. The standard InChI is InChI=1S/C13H15F3N2OS/c14-13(15,16)9-19-7-6-17-12-18-8-11(20-12)10-4-2-1-3-5-10/h1-5,11H,6-9H2,(H,17,18). The van der Waals surface area contributed by atoms with E-state index >= 15 is 0 Å². The molecule has 1 N–H and O–H groups in total. The molecule has 1 aliphatic heterocycles. The summed E-state index contributed by atoms with van der Waals surface area (Å²) in [5.74, 6) is 0. The highest BCUT2D eigenvalue weighted by Gasteiger charge is 2.27. The van der Waals surface area contributed by atoms with Gasteiger partial charge in [0.1, 0.15) is 6.61 Å². The van der Waals surface area contributed by atoms with Crippen molar-refractivity contribution in [2.75, 3.05) is 26.3 Å². The molecule has 0 saturated heterocycles. The number of alkyl halides is 3. The third-order valence-corrected chi connectivity index (χ3v) is 3.82. The van der Waals surface area contributed by atoms with Crippen LogP contribution in [0.5, 0.6) is 0 Å². The van der Waals surface area contributed by atoms with E-state index < -0.39 is 12.8 Å². The highest BCUT2D eigenvalue weighted by atomic mass is 32.2. The van der Waals surface area contributed by atoms with E-state index in [1.54, 1.807) is 11.8 Å². The van der Waals surface area contributed by atoms with Gasteiger partial charge in [0.15, 0.2) is 5.17 Å². The number of amidine groups is 1. The Hall–Kier alpha value is -1.21. The van der Waals surface area contributed by atoms with Crippen LogP contribution >= 0.6 is 11.8 Å². The molecule has 1 aliphatic rings. The van der Waals surface area contributed by atoms with Crippen molar-refractivity contribution in [2.24, 2.45) is 4.99 Å². The highest BCUT2D eigenvalue weighted by Crippen LogP contribution is 2.33. The maximum absolute atomic E-state index is 11.8. The summed E-state index contributed by atoms with van der Waals surface area (Å²) in [6.45, 7) is -0.195. The second-order valence-corrected chi connectivity index (χ2v) is 5.45. The lowest BCUT2D eigenvalue weighted by Gasteiger charge is -2.10. The topological polar surface area (TPSA) is 33.6 Å². The maximum atomic E-state index is 11.8. The van der Waals surface area contributed by atoms with Crippen molar-refractivity contribution in [3.8, 4) is 0 Å². The molecule has 1 heterocycles. The van der Waals surface area contributed by atoms with Crippen molar-refractivity contribution in [1.29, 1.82) is 0 Å². The van der Waals surface area contributed by atoms with Crippen molar-refractivity contribution in [2.45, 2.75) is 11.4 Å². The van der Waals surface area contributed by atoms with Crippen LogP contribution in [0.2, 0.25) is 0 Å². The van der Waals surface area contributed by atoms with Crippen LogP contribution in [-0.4, -0.2) is 37.6 Å². The lowest BCUT2D eigenvalue weighted by Crippen LogP contribution is -2.26. The Bertz CT molecular complexity index is 451. The highest BCUT2D eigenvalue weighted by molar-refractivity contribution is 8.14. The van der Waals surface area contributed by atoms with Gasteiger partial charge in [-0.15, -0.1) is 0 Å². The number of aliphatic imine (C=N–C) groups is 1. The third-order valence-electron chi connectivity index (χ3n) is 2.61. The number of nitrogens with one attached hydrogen (secondary N) is 1. The number of hydrogen-bond acceptors (Lipinski definition) is 4. The zero-order valence-electron chi connectivity index (χ0n) is 10.7. The second kappa shape index (κ2) is 6.99. The molecule has 1 aromatic carbocycles. The molecule has 7 heteroatoms. The Kier molecular flexibility index (Phi) is 5.31. The first-order chi connectivity index (χ1) is 9.54. The van der Waals surface area contributed by atoms with E-state index in [-0.39, 0.29) is 11.9 Å². The molecule has 1 atom stereocenters. The largest absolute Gasteiger partial charge is 0.411 e. The fraction of sp³-hybridized carbons (Fsp3) is 0.462. The van der Waals surface area contributed by atoms with Gasteiger partial charge >= 0.3 is 6.18 Å². The van der Waals surface area contributed by atoms with Gasteiger partial charge in [0.25, 0.3) is 0 Å². The second-order valence-electron chi connectivity index (χ2n) is 4.26. The molecule has 20 heavy (non-hydrogen) atoms. The summed E-state index contributed by atoms with van der Waals surface area (Å²) in [6, 6.07) is 10.0. The number of nitrogens with zero attached hydrogens (tertiary/aromatic N) is 1. The quantitative estimate of drug-likeness (QED) is 0.849. The Balaban J connectivity index is 1.64. The summed E-state index contributed by atoms with van der Waals surface area (Å²) in [4.78, 5) is 4.33. The molecule has 0 aromatic heterocycles. The Morgan fingerprint density at radius 2 is 2.05 bits per heavy atom.